The van der Waals surface area contributed by atoms with Crippen LogP contribution in [0.3, 0.4) is 0 Å². The van der Waals surface area contributed by atoms with Gasteiger partial charge in [-0.1, -0.05) is 12.1 Å². The number of para-hydroxylation sites is 1. The number of rotatable bonds is 4. The Bertz CT molecular complexity index is 806. The second kappa shape index (κ2) is 7.62. The molecular weight excluding hydrogens is 390 g/mol. The highest BCUT2D eigenvalue weighted by molar-refractivity contribution is 9.10. The van der Waals surface area contributed by atoms with Gasteiger partial charge in [-0.15, -0.1) is 0 Å². The van der Waals surface area contributed by atoms with Crippen molar-refractivity contribution >= 4 is 38.9 Å². The van der Waals surface area contributed by atoms with Crippen LogP contribution in [0.4, 0.5) is 17.1 Å². The number of ether oxygens (including phenoxy) is 1. The molecule has 1 aliphatic heterocycles. The van der Waals surface area contributed by atoms with E-state index < -0.39 is 10.8 Å². The van der Waals surface area contributed by atoms with E-state index in [-0.39, 0.29) is 11.3 Å². The van der Waals surface area contributed by atoms with E-state index in [1.54, 1.807) is 30.3 Å². The first-order valence-corrected chi connectivity index (χ1v) is 8.52. The molecule has 0 spiro atoms. The predicted molar refractivity (Wildman–Crippen MR) is 98.2 cm³/mol. The monoisotopic (exact) mass is 405 g/mol. The van der Waals surface area contributed by atoms with Gasteiger partial charge in [0.05, 0.1) is 23.8 Å². The fraction of sp³-hybridized carbons (Fsp3) is 0.235. The summed E-state index contributed by atoms with van der Waals surface area (Å²) in [6.45, 7) is 2.23. The van der Waals surface area contributed by atoms with E-state index in [4.69, 9.17) is 4.74 Å². The summed E-state index contributed by atoms with van der Waals surface area (Å²) in [5.41, 5.74) is 1.26. The molecule has 130 valence electrons. The van der Waals surface area contributed by atoms with Crippen molar-refractivity contribution in [3.05, 3.63) is 62.6 Å². The molecule has 7 nitrogen and oxygen atoms in total. The summed E-state index contributed by atoms with van der Waals surface area (Å²) in [4.78, 5) is 25.3. The minimum Gasteiger partial charge on any atom is -0.378 e. The lowest BCUT2D eigenvalue weighted by Crippen LogP contribution is -2.36. The molecule has 0 saturated carbocycles. The summed E-state index contributed by atoms with van der Waals surface area (Å²) >= 11 is 3.36. The Kier molecular flexibility index (Phi) is 5.30. The number of nitro benzene ring substituents is 1. The Morgan fingerprint density at radius 1 is 1.20 bits per heavy atom. The average Bonchev–Trinajstić information content (AvgIpc) is 2.63. The fourth-order valence-electron chi connectivity index (χ4n) is 2.64. The molecule has 1 fully saturated rings. The average molecular weight is 406 g/mol. The van der Waals surface area contributed by atoms with E-state index >= 15 is 0 Å². The molecule has 8 heteroatoms. The van der Waals surface area contributed by atoms with Crippen LogP contribution in [0.25, 0.3) is 0 Å². The molecular formula is C17H16BrN3O4. The van der Waals surface area contributed by atoms with Crippen molar-refractivity contribution < 1.29 is 14.5 Å². The van der Waals surface area contributed by atoms with Crippen LogP contribution in [0.2, 0.25) is 0 Å². The molecule has 3 rings (SSSR count). The van der Waals surface area contributed by atoms with Gasteiger partial charge in [0, 0.05) is 29.2 Å². The van der Waals surface area contributed by atoms with Gasteiger partial charge in [-0.2, -0.15) is 0 Å². The van der Waals surface area contributed by atoms with Gasteiger partial charge in [0.25, 0.3) is 11.6 Å². The van der Waals surface area contributed by atoms with Crippen LogP contribution in [0, 0.1) is 10.1 Å². The summed E-state index contributed by atoms with van der Waals surface area (Å²) in [7, 11) is 0. The topological polar surface area (TPSA) is 84.7 Å². The molecule has 25 heavy (non-hydrogen) atoms. The number of nitrogens with one attached hydrogen (secondary N) is 1. The van der Waals surface area contributed by atoms with E-state index in [9.17, 15) is 14.9 Å². The maximum Gasteiger partial charge on any atom is 0.293 e. The minimum atomic E-state index is -0.458. The van der Waals surface area contributed by atoms with E-state index in [0.29, 0.717) is 37.7 Å². The van der Waals surface area contributed by atoms with Crippen LogP contribution in [-0.4, -0.2) is 37.1 Å². The third-order valence-corrected chi connectivity index (χ3v) is 4.60. The molecule has 0 radical (unpaired) electrons. The molecule has 1 N–H and O–H groups in total. The molecule has 1 heterocycles. The molecule has 2 aromatic carbocycles. The lowest BCUT2D eigenvalue weighted by molar-refractivity contribution is -0.384. The highest BCUT2D eigenvalue weighted by atomic mass is 79.9. The van der Waals surface area contributed by atoms with Gasteiger partial charge in [0.2, 0.25) is 0 Å². The zero-order chi connectivity index (χ0) is 17.8. The van der Waals surface area contributed by atoms with Crippen LogP contribution in [-0.2, 0) is 4.74 Å². The predicted octanol–water partition coefficient (Wildman–Crippen LogP) is 3.45. The molecule has 1 saturated heterocycles. The number of hydrogen-bond acceptors (Lipinski definition) is 5. The lowest BCUT2D eigenvalue weighted by Gasteiger charge is -2.28. The number of carbonyl (C=O) groups is 1. The SMILES string of the molecule is O=C(Nc1ccccc1Br)c1ccc(N2CCOCC2)c([N+](=O)[O-])c1. The maximum atomic E-state index is 12.4. The Balaban J connectivity index is 1.87. The van der Waals surface area contributed by atoms with Crippen molar-refractivity contribution in [1.29, 1.82) is 0 Å². The molecule has 0 bridgehead atoms. The normalized spacial score (nSPS) is 14.2. The number of morpholine rings is 1. The van der Waals surface area contributed by atoms with E-state index in [1.807, 2.05) is 11.0 Å². The van der Waals surface area contributed by atoms with Crippen LogP contribution in [0.15, 0.2) is 46.9 Å². The summed E-state index contributed by atoms with van der Waals surface area (Å²) in [6.07, 6.45) is 0. The Labute approximate surface area is 152 Å². The number of nitro groups is 1. The van der Waals surface area contributed by atoms with Crippen molar-refractivity contribution in [1.82, 2.24) is 0 Å². The van der Waals surface area contributed by atoms with Crippen molar-refractivity contribution in [2.24, 2.45) is 0 Å². The highest BCUT2D eigenvalue weighted by Crippen LogP contribution is 2.30. The smallest absolute Gasteiger partial charge is 0.293 e. The third-order valence-electron chi connectivity index (χ3n) is 3.91. The molecule has 1 amide bonds. The first-order chi connectivity index (χ1) is 12.1. The van der Waals surface area contributed by atoms with Gasteiger partial charge in [-0.25, -0.2) is 0 Å². The molecule has 0 unspecified atom stereocenters. The van der Waals surface area contributed by atoms with Gasteiger partial charge in [0.15, 0.2) is 0 Å². The second-order valence-corrected chi connectivity index (χ2v) is 6.35. The third kappa shape index (κ3) is 3.97. The van der Waals surface area contributed by atoms with Gasteiger partial charge in [-0.3, -0.25) is 14.9 Å². The van der Waals surface area contributed by atoms with Gasteiger partial charge in [0.1, 0.15) is 5.69 Å². The minimum absolute atomic E-state index is 0.0818. The molecule has 2 aromatic rings. The number of anilines is 2. The van der Waals surface area contributed by atoms with Crippen molar-refractivity contribution in [3.63, 3.8) is 0 Å². The molecule has 0 atom stereocenters. The molecule has 1 aliphatic rings. The lowest BCUT2D eigenvalue weighted by atomic mass is 10.1. The van der Waals surface area contributed by atoms with E-state index in [2.05, 4.69) is 21.2 Å². The summed E-state index contributed by atoms with van der Waals surface area (Å²) in [5.74, 6) is -0.400. The second-order valence-electron chi connectivity index (χ2n) is 5.49. The number of carbonyl (C=O) groups excluding carboxylic acids is 1. The Hall–Kier alpha value is -2.45. The standard InChI is InChI=1S/C17H16BrN3O4/c18-13-3-1-2-4-14(13)19-17(22)12-5-6-15(16(11-12)21(23)24)20-7-9-25-10-8-20/h1-6,11H,7-10H2,(H,19,22). The van der Waals surface area contributed by atoms with Gasteiger partial charge < -0.3 is 15.0 Å². The highest BCUT2D eigenvalue weighted by Gasteiger charge is 2.23. The van der Waals surface area contributed by atoms with Crippen molar-refractivity contribution in [2.45, 2.75) is 0 Å². The van der Waals surface area contributed by atoms with Gasteiger partial charge in [-0.05, 0) is 40.2 Å². The molecule has 0 aliphatic carbocycles. The number of benzene rings is 2. The van der Waals surface area contributed by atoms with Crippen molar-refractivity contribution in [2.75, 3.05) is 36.5 Å². The summed E-state index contributed by atoms with van der Waals surface area (Å²) in [5, 5.41) is 14.2. The summed E-state index contributed by atoms with van der Waals surface area (Å²) in [6, 6.07) is 11.7. The largest absolute Gasteiger partial charge is 0.378 e. The molecule has 0 aromatic heterocycles. The summed E-state index contributed by atoms with van der Waals surface area (Å²) < 4.78 is 6.02. The van der Waals surface area contributed by atoms with Crippen molar-refractivity contribution in [3.8, 4) is 0 Å². The van der Waals surface area contributed by atoms with Crippen LogP contribution < -0.4 is 10.2 Å². The maximum absolute atomic E-state index is 12.4. The number of amides is 1. The van der Waals surface area contributed by atoms with Crippen LogP contribution in [0.5, 0.6) is 0 Å². The number of hydrogen-bond donors (Lipinski definition) is 1. The van der Waals surface area contributed by atoms with Gasteiger partial charge >= 0.3 is 0 Å². The van der Waals surface area contributed by atoms with Crippen LogP contribution >= 0.6 is 15.9 Å². The Morgan fingerprint density at radius 2 is 1.92 bits per heavy atom. The zero-order valence-electron chi connectivity index (χ0n) is 13.3. The quantitative estimate of drug-likeness (QED) is 0.621. The first-order valence-electron chi connectivity index (χ1n) is 7.73. The number of halogens is 1. The van der Waals surface area contributed by atoms with E-state index in [1.165, 1.54) is 6.07 Å². The van der Waals surface area contributed by atoms with E-state index in [0.717, 1.165) is 4.47 Å². The first kappa shape index (κ1) is 17.4. The fourth-order valence-corrected chi connectivity index (χ4v) is 3.02. The van der Waals surface area contributed by atoms with Crippen LogP contribution in [0.1, 0.15) is 10.4 Å². The Morgan fingerprint density at radius 3 is 2.60 bits per heavy atom. The number of nitrogens with zero attached hydrogens (tertiary/aromatic N) is 2. The zero-order valence-corrected chi connectivity index (χ0v) is 14.9.